The van der Waals surface area contributed by atoms with E-state index < -0.39 is 21.1 Å². The van der Waals surface area contributed by atoms with Crippen molar-refractivity contribution in [2.75, 3.05) is 26.5 Å². The Morgan fingerprint density at radius 3 is 2.69 bits per heavy atom. The van der Waals surface area contributed by atoms with E-state index in [0.717, 1.165) is 23.1 Å². The molecule has 0 saturated heterocycles. The maximum Gasteiger partial charge on any atom is 0.269 e. The summed E-state index contributed by atoms with van der Waals surface area (Å²) in [6.07, 6.45) is 0.824. The van der Waals surface area contributed by atoms with Crippen LogP contribution in [0.1, 0.15) is 22.8 Å². The second-order valence-corrected chi connectivity index (χ2v) is 9.07. The molecule has 0 radical (unpaired) electrons. The predicted molar refractivity (Wildman–Crippen MR) is 101 cm³/mol. The van der Waals surface area contributed by atoms with Gasteiger partial charge in [-0.05, 0) is 42.2 Å². The fraction of sp³-hybridized carbons (Fsp3) is 0.368. The van der Waals surface area contributed by atoms with E-state index in [-0.39, 0.29) is 30.5 Å². The summed E-state index contributed by atoms with van der Waals surface area (Å²) in [5.74, 6) is 1.37. The molecular weight excluding hydrogens is 400 g/mol. The molecule has 0 fully saturated rings. The Morgan fingerprint density at radius 1 is 1.14 bits per heavy atom. The first kappa shape index (κ1) is 18.3. The van der Waals surface area contributed by atoms with Crippen LogP contribution >= 0.6 is 0 Å². The van der Waals surface area contributed by atoms with Gasteiger partial charge >= 0.3 is 0 Å². The van der Waals surface area contributed by atoms with Gasteiger partial charge in [0.05, 0.1) is 22.5 Å². The minimum Gasteiger partial charge on any atom is -0.454 e. The molecule has 9 nitrogen and oxygen atoms in total. The van der Waals surface area contributed by atoms with Crippen molar-refractivity contribution in [3.05, 3.63) is 57.1 Å². The highest BCUT2D eigenvalue weighted by Gasteiger charge is 2.37. The lowest BCUT2D eigenvalue weighted by Crippen LogP contribution is -2.36. The van der Waals surface area contributed by atoms with Crippen molar-refractivity contribution in [1.82, 2.24) is 4.31 Å². The number of fused-ring (bicyclic) bond motifs is 2. The van der Waals surface area contributed by atoms with Gasteiger partial charge in [-0.1, -0.05) is 0 Å². The van der Waals surface area contributed by atoms with Crippen LogP contribution in [0.4, 0.5) is 5.69 Å². The number of nitrogens with zero attached hydrogens (tertiary/aromatic N) is 2. The number of nitro benzene ring substituents is 1. The fourth-order valence-corrected chi connectivity index (χ4v) is 5.64. The van der Waals surface area contributed by atoms with Gasteiger partial charge in [-0.25, -0.2) is 8.42 Å². The van der Waals surface area contributed by atoms with Crippen LogP contribution in [0.5, 0.6) is 11.5 Å². The maximum atomic E-state index is 13.2. The van der Waals surface area contributed by atoms with Crippen LogP contribution in [-0.4, -0.2) is 44.1 Å². The van der Waals surface area contributed by atoms with Crippen LogP contribution in [0, 0.1) is 10.1 Å². The monoisotopic (exact) mass is 418 g/mol. The van der Waals surface area contributed by atoms with Gasteiger partial charge in [0.25, 0.3) is 5.69 Å². The number of hydrogen-bond acceptors (Lipinski definition) is 7. The molecular formula is C19H18N2O7S. The molecule has 1 unspecified atom stereocenters. The Balaban J connectivity index is 1.51. The lowest BCUT2D eigenvalue weighted by Gasteiger charge is -2.29. The van der Waals surface area contributed by atoms with Crippen LogP contribution in [0.2, 0.25) is 0 Å². The van der Waals surface area contributed by atoms with E-state index in [1.807, 2.05) is 6.07 Å². The van der Waals surface area contributed by atoms with Crippen molar-refractivity contribution in [3.8, 4) is 11.5 Å². The number of hydrogen-bond donors (Lipinski definition) is 0. The molecule has 29 heavy (non-hydrogen) atoms. The highest BCUT2D eigenvalue weighted by molar-refractivity contribution is 7.89. The molecule has 3 aliphatic rings. The van der Waals surface area contributed by atoms with Gasteiger partial charge in [0.2, 0.25) is 16.8 Å². The quantitative estimate of drug-likeness (QED) is 0.555. The molecule has 0 amide bonds. The van der Waals surface area contributed by atoms with E-state index in [1.54, 1.807) is 0 Å². The van der Waals surface area contributed by atoms with E-state index in [4.69, 9.17) is 14.2 Å². The van der Waals surface area contributed by atoms with Gasteiger partial charge in [0.15, 0.2) is 11.5 Å². The highest BCUT2D eigenvalue weighted by atomic mass is 32.2. The molecule has 2 aromatic carbocycles. The third-order valence-corrected chi connectivity index (χ3v) is 7.45. The number of ether oxygens (including phenoxy) is 3. The summed E-state index contributed by atoms with van der Waals surface area (Å²) in [4.78, 5) is 10.3. The SMILES string of the molecule is O=[N+]([O-])c1ccc(S(=O)(=O)N2CCc3c4c(cc5c3C(C2)OCC5)OCO4)cc1. The van der Waals surface area contributed by atoms with Crippen LogP contribution < -0.4 is 9.47 Å². The molecule has 5 rings (SSSR count). The summed E-state index contributed by atoms with van der Waals surface area (Å²) in [6.45, 7) is 1.09. The number of sulfonamides is 1. The van der Waals surface area contributed by atoms with Gasteiger partial charge in [-0.3, -0.25) is 10.1 Å². The van der Waals surface area contributed by atoms with Crippen molar-refractivity contribution in [1.29, 1.82) is 0 Å². The first-order valence-electron chi connectivity index (χ1n) is 9.25. The standard InChI is InChI=1S/C19H18N2O7S/c22-21(23)13-1-3-14(4-2-13)29(24,25)20-7-5-15-18-12(6-8-26-17(18)10-20)9-16-19(15)28-11-27-16/h1-4,9,17H,5-8,10-11H2. The number of nitro groups is 1. The predicted octanol–water partition coefficient (Wildman–Crippen LogP) is 2.18. The van der Waals surface area contributed by atoms with Gasteiger partial charge in [0, 0.05) is 30.8 Å². The van der Waals surface area contributed by atoms with Crippen LogP contribution in [0.3, 0.4) is 0 Å². The number of non-ortho nitro benzene ring substituents is 1. The molecule has 10 heteroatoms. The zero-order valence-corrected chi connectivity index (χ0v) is 16.2. The van der Waals surface area contributed by atoms with Crippen molar-refractivity contribution in [2.24, 2.45) is 0 Å². The minimum absolute atomic E-state index is 0.0231. The van der Waals surface area contributed by atoms with Gasteiger partial charge in [-0.15, -0.1) is 0 Å². The van der Waals surface area contributed by atoms with E-state index in [9.17, 15) is 18.5 Å². The Labute approximate surface area is 167 Å². The Kier molecular flexibility index (Phi) is 4.23. The zero-order valence-electron chi connectivity index (χ0n) is 15.4. The third kappa shape index (κ3) is 2.95. The maximum absolute atomic E-state index is 13.2. The van der Waals surface area contributed by atoms with Crippen molar-refractivity contribution in [2.45, 2.75) is 23.8 Å². The van der Waals surface area contributed by atoms with Crippen LogP contribution in [0.25, 0.3) is 0 Å². The van der Waals surface area contributed by atoms with Gasteiger partial charge in [-0.2, -0.15) is 4.31 Å². The van der Waals surface area contributed by atoms with Crippen molar-refractivity contribution >= 4 is 15.7 Å². The molecule has 0 aliphatic carbocycles. The smallest absolute Gasteiger partial charge is 0.269 e. The minimum atomic E-state index is -3.83. The second kappa shape index (κ2) is 6.68. The van der Waals surface area contributed by atoms with E-state index in [0.29, 0.717) is 24.5 Å². The van der Waals surface area contributed by atoms with E-state index >= 15 is 0 Å². The Bertz CT molecular complexity index is 1100. The average Bonchev–Trinajstić information content (AvgIpc) is 3.09. The number of benzene rings is 2. The number of rotatable bonds is 3. The zero-order chi connectivity index (χ0) is 20.2. The molecule has 3 aliphatic heterocycles. The molecule has 3 heterocycles. The molecule has 0 aromatic heterocycles. The molecule has 0 bridgehead atoms. The molecule has 1 atom stereocenters. The topological polar surface area (TPSA) is 108 Å². The van der Waals surface area contributed by atoms with Crippen molar-refractivity contribution in [3.63, 3.8) is 0 Å². The van der Waals surface area contributed by atoms with E-state index in [1.165, 1.54) is 28.6 Å². The lowest BCUT2D eigenvalue weighted by atomic mass is 9.91. The first-order chi connectivity index (χ1) is 13.9. The summed E-state index contributed by atoms with van der Waals surface area (Å²) < 4.78 is 45.0. The Morgan fingerprint density at radius 2 is 1.93 bits per heavy atom. The molecule has 0 spiro atoms. The summed E-state index contributed by atoms with van der Waals surface area (Å²) in [6, 6.07) is 6.91. The summed E-state index contributed by atoms with van der Waals surface area (Å²) in [5.41, 5.74) is 2.90. The fourth-order valence-electron chi connectivity index (χ4n) is 4.20. The molecule has 0 saturated carbocycles. The van der Waals surface area contributed by atoms with E-state index in [2.05, 4.69) is 0 Å². The van der Waals surface area contributed by atoms with Crippen LogP contribution in [-0.2, 0) is 27.6 Å². The van der Waals surface area contributed by atoms with Crippen LogP contribution in [0.15, 0.2) is 35.2 Å². The lowest BCUT2D eigenvalue weighted by molar-refractivity contribution is -0.384. The normalized spacial score (nSPS) is 20.8. The second-order valence-electron chi connectivity index (χ2n) is 7.14. The summed E-state index contributed by atoms with van der Waals surface area (Å²) >= 11 is 0. The Hall–Kier alpha value is -2.69. The summed E-state index contributed by atoms with van der Waals surface area (Å²) in [5, 5.41) is 10.9. The summed E-state index contributed by atoms with van der Waals surface area (Å²) in [7, 11) is -3.83. The average molecular weight is 418 g/mol. The molecule has 0 N–H and O–H groups in total. The largest absolute Gasteiger partial charge is 0.454 e. The van der Waals surface area contributed by atoms with Gasteiger partial charge in [0.1, 0.15) is 0 Å². The van der Waals surface area contributed by atoms with Gasteiger partial charge < -0.3 is 14.2 Å². The highest BCUT2D eigenvalue weighted by Crippen LogP contribution is 2.46. The molecule has 2 aromatic rings. The molecule has 152 valence electrons. The third-order valence-electron chi connectivity index (χ3n) is 5.57. The van der Waals surface area contributed by atoms with Crippen molar-refractivity contribution < 1.29 is 27.6 Å². The first-order valence-corrected chi connectivity index (χ1v) is 10.7.